The molecule has 1 fully saturated rings. The average molecular weight is 309 g/mol. The molecule has 0 bridgehead atoms. The Labute approximate surface area is 126 Å². The van der Waals surface area contributed by atoms with Gasteiger partial charge in [-0.2, -0.15) is 0 Å². The van der Waals surface area contributed by atoms with Gasteiger partial charge in [0.15, 0.2) is 5.69 Å². The number of ketones is 1. The molecule has 1 aromatic carbocycles. The van der Waals surface area contributed by atoms with E-state index >= 15 is 0 Å². The molecule has 0 amide bonds. The van der Waals surface area contributed by atoms with Crippen LogP contribution >= 0.6 is 11.6 Å². The van der Waals surface area contributed by atoms with Crippen LogP contribution in [0.3, 0.4) is 0 Å². The first-order chi connectivity index (χ1) is 10.1. The second-order valence-corrected chi connectivity index (χ2v) is 5.45. The Hall–Kier alpha value is -1.79. The van der Waals surface area contributed by atoms with Gasteiger partial charge in [0.2, 0.25) is 5.78 Å². The molecule has 1 N–H and O–H groups in total. The maximum absolute atomic E-state index is 13.8. The van der Waals surface area contributed by atoms with Crippen molar-refractivity contribution >= 4 is 17.4 Å². The summed E-state index contributed by atoms with van der Waals surface area (Å²) in [6.45, 7) is 1.83. The van der Waals surface area contributed by atoms with Crippen LogP contribution in [0.1, 0.15) is 34.9 Å². The first-order valence-electron chi connectivity index (χ1n) is 6.77. The van der Waals surface area contributed by atoms with E-state index in [0.29, 0.717) is 0 Å². The Bertz CT molecular complexity index is 667. The lowest BCUT2D eigenvalue weighted by molar-refractivity contribution is 0.103. The second kappa shape index (κ2) is 5.91. The zero-order valence-electron chi connectivity index (χ0n) is 11.2. The summed E-state index contributed by atoms with van der Waals surface area (Å²) in [5, 5.41) is 11.4. The van der Waals surface area contributed by atoms with Crippen LogP contribution in [-0.4, -0.2) is 33.9 Å². The molecule has 110 valence electrons. The summed E-state index contributed by atoms with van der Waals surface area (Å²) in [4.78, 5) is 12.3. The first kappa shape index (κ1) is 14.2. The summed E-state index contributed by atoms with van der Waals surface area (Å²) in [5.41, 5.74) is 0.103. The second-order valence-electron chi connectivity index (χ2n) is 5.02. The molecule has 3 rings (SSSR count). The number of carbonyl (C=O) groups excluding carboxylic acids is 1. The van der Waals surface area contributed by atoms with Crippen LogP contribution < -0.4 is 5.32 Å². The summed E-state index contributed by atoms with van der Waals surface area (Å²) in [6.07, 6.45) is 3.46. The van der Waals surface area contributed by atoms with Gasteiger partial charge in [-0.3, -0.25) is 4.79 Å². The molecular weight excluding hydrogens is 295 g/mol. The lowest BCUT2D eigenvalue weighted by Crippen LogP contribution is -2.29. The van der Waals surface area contributed by atoms with Crippen LogP contribution in [0, 0.1) is 5.82 Å². The van der Waals surface area contributed by atoms with E-state index in [1.807, 2.05) is 0 Å². The fraction of sp³-hybridized carbons (Fsp3) is 0.357. The molecule has 1 aliphatic heterocycles. The Morgan fingerprint density at radius 2 is 2.14 bits per heavy atom. The van der Waals surface area contributed by atoms with Crippen molar-refractivity contribution < 1.29 is 9.18 Å². The van der Waals surface area contributed by atoms with Gasteiger partial charge in [0.05, 0.1) is 17.8 Å². The van der Waals surface area contributed by atoms with E-state index in [4.69, 9.17) is 11.6 Å². The third-order valence-electron chi connectivity index (χ3n) is 3.60. The van der Waals surface area contributed by atoms with Crippen molar-refractivity contribution in [2.75, 3.05) is 13.1 Å². The Kier molecular flexibility index (Phi) is 3.98. The molecule has 1 saturated heterocycles. The molecule has 1 aliphatic rings. The van der Waals surface area contributed by atoms with E-state index in [1.165, 1.54) is 12.1 Å². The molecule has 1 aromatic heterocycles. The number of hydrogen-bond acceptors (Lipinski definition) is 4. The first-order valence-corrected chi connectivity index (χ1v) is 7.15. The van der Waals surface area contributed by atoms with E-state index in [2.05, 4.69) is 15.6 Å². The third-order valence-corrected chi connectivity index (χ3v) is 3.84. The van der Waals surface area contributed by atoms with Crippen molar-refractivity contribution in [3.63, 3.8) is 0 Å². The zero-order chi connectivity index (χ0) is 14.8. The van der Waals surface area contributed by atoms with Crippen LogP contribution in [0.15, 0.2) is 24.4 Å². The number of piperidine rings is 1. The van der Waals surface area contributed by atoms with Crippen molar-refractivity contribution in [2.45, 2.75) is 18.9 Å². The highest BCUT2D eigenvalue weighted by Crippen LogP contribution is 2.20. The number of hydrogen-bond donors (Lipinski definition) is 1. The molecule has 0 spiro atoms. The number of carbonyl (C=O) groups is 1. The molecule has 0 aliphatic carbocycles. The van der Waals surface area contributed by atoms with Gasteiger partial charge in [0, 0.05) is 5.02 Å². The van der Waals surface area contributed by atoms with Gasteiger partial charge < -0.3 is 5.32 Å². The number of halogens is 2. The fourth-order valence-corrected chi connectivity index (χ4v) is 2.60. The normalized spacial score (nSPS) is 16.1. The summed E-state index contributed by atoms with van der Waals surface area (Å²) in [7, 11) is 0. The van der Waals surface area contributed by atoms with E-state index in [9.17, 15) is 9.18 Å². The minimum atomic E-state index is -0.649. The van der Waals surface area contributed by atoms with Gasteiger partial charge in [-0.05, 0) is 44.1 Å². The van der Waals surface area contributed by atoms with Gasteiger partial charge in [-0.15, -0.1) is 5.10 Å². The molecule has 2 heterocycles. The molecule has 0 atom stereocenters. The van der Waals surface area contributed by atoms with Crippen molar-refractivity contribution in [3.05, 3.63) is 46.5 Å². The van der Waals surface area contributed by atoms with Gasteiger partial charge in [0.1, 0.15) is 5.82 Å². The highest BCUT2D eigenvalue weighted by atomic mass is 35.5. The van der Waals surface area contributed by atoms with Crippen LogP contribution in [0.2, 0.25) is 5.02 Å². The molecule has 7 heteroatoms. The van der Waals surface area contributed by atoms with Crippen molar-refractivity contribution in [2.24, 2.45) is 0 Å². The maximum atomic E-state index is 13.8. The Morgan fingerprint density at radius 3 is 2.86 bits per heavy atom. The SMILES string of the molecule is O=C(c1cn(C2CCNCC2)nn1)c1ccc(Cl)cc1F. The van der Waals surface area contributed by atoms with Crippen molar-refractivity contribution in [3.8, 4) is 0 Å². The molecule has 0 radical (unpaired) electrons. The van der Waals surface area contributed by atoms with Crippen molar-refractivity contribution in [1.82, 2.24) is 20.3 Å². The highest BCUT2D eigenvalue weighted by molar-refractivity contribution is 6.30. The quantitative estimate of drug-likeness (QED) is 0.883. The molecule has 0 saturated carbocycles. The largest absolute Gasteiger partial charge is 0.317 e. The van der Waals surface area contributed by atoms with Crippen LogP contribution in [0.25, 0.3) is 0 Å². The summed E-state index contributed by atoms with van der Waals surface area (Å²) in [6, 6.07) is 4.19. The minimum Gasteiger partial charge on any atom is -0.317 e. The maximum Gasteiger partial charge on any atom is 0.217 e. The monoisotopic (exact) mass is 308 g/mol. The smallest absolute Gasteiger partial charge is 0.217 e. The Balaban J connectivity index is 1.83. The minimum absolute atomic E-state index is 0.0447. The zero-order valence-corrected chi connectivity index (χ0v) is 12.0. The van der Waals surface area contributed by atoms with Gasteiger partial charge >= 0.3 is 0 Å². The van der Waals surface area contributed by atoms with Gasteiger partial charge in [-0.25, -0.2) is 9.07 Å². The third kappa shape index (κ3) is 2.96. The highest BCUT2D eigenvalue weighted by Gasteiger charge is 2.21. The molecule has 21 heavy (non-hydrogen) atoms. The standard InChI is InChI=1S/C14H14ClFN4O/c15-9-1-2-11(12(16)7-9)14(21)13-8-20(19-18-13)10-3-5-17-6-4-10/h1-2,7-8,10,17H,3-6H2. The Morgan fingerprint density at radius 1 is 1.38 bits per heavy atom. The van der Waals surface area contributed by atoms with Gasteiger partial charge in [-0.1, -0.05) is 16.8 Å². The van der Waals surface area contributed by atoms with Gasteiger partial charge in [0.25, 0.3) is 0 Å². The summed E-state index contributed by atoms with van der Waals surface area (Å²) >= 11 is 5.68. The summed E-state index contributed by atoms with van der Waals surface area (Å²) < 4.78 is 15.5. The van der Waals surface area contributed by atoms with Crippen molar-refractivity contribution in [1.29, 1.82) is 0 Å². The van der Waals surface area contributed by atoms with E-state index in [0.717, 1.165) is 32.0 Å². The van der Waals surface area contributed by atoms with E-state index in [-0.39, 0.29) is 22.3 Å². The number of rotatable bonds is 3. The van der Waals surface area contributed by atoms with E-state index in [1.54, 1.807) is 10.9 Å². The number of aromatic nitrogens is 3. The number of benzene rings is 1. The fourth-order valence-electron chi connectivity index (χ4n) is 2.44. The van der Waals surface area contributed by atoms with Crippen LogP contribution in [0.5, 0.6) is 0 Å². The topological polar surface area (TPSA) is 59.8 Å². The molecule has 0 unspecified atom stereocenters. The van der Waals surface area contributed by atoms with E-state index < -0.39 is 11.6 Å². The lowest BCUT2D eigenvalue weighted by atomic mass is 10.1. The van der Waals surface area contributed by atoms with Crippen LogP contribution in [-0.2, 0) is 0 Å². The number of nitrogens with one attached hydrogen (secondary N) is 1. The molecule has 5 nitrogen and oxygen atoms in total. The molecular formula is C14H14ClFN4O. The van der Waals surface area contributed by atoms with Crippen LogP contribution in [0.4, 0.5) is 4.39 Å². The average Bonchev–Trinajstić information content (AvgIpc) is 2.97. The number of nitrogens with zero attached hydrogens (tertiary/aromatic N) is 3. The lowest BCUT2D eigenvalue weighted by Gasteiger charge is -2.22. The summed E-state index contributed by atoms with van der Waals surface area (Å²) in [5.74, 6) is -1.13. The molecule has 2 aromatic rings. The predicted molar refractivity (Wildman–Crippen MR) is 76.0 cm³/mol. The predicted octanol–water partition coefficient (Wildman–Crippen LogP) is 2.23.